The molecule has 0 aliphatic carbocycles. The van der Waals surface area contributed by atoms with Crippen LogP contribution in [0.5, 0.6) is 0 Å². The summed E-state index contributed by atoms with van der Waals surface area (Å²) in [6, 6.07) is 30.8. The summed E-state index contributed by atoms with van der Waals surface area (Å²) in [6.45, 7) is 0.533. The lowest BCUT2D eigenvalue weighted by Gasteiger charge is -2.35. The Kier molecular flexibility index (Phi) is 4.86. The Morgan fingerprint density at radius 3 is 1.57 bits per heavy atom. The third-order valence-corrected chi connectivity index (χ3v) is 4.01. The molecule has 3 aromatic carbocycles. The molecule has 0 atom stereocenters. The van der Waals surface area contributed by atoms with Gasteiger partial charge in [0.25, 0.3) is 0 Å². The molecule has 23 heavy (non-hydrogen) atoms. The first kappa shape index (κ1) is 15.5. The maximum atomic E-state index is 6.43. The Balaban J connectivity index is 1.99. The monoisotopic (exact) mass is 303 g/mol. The molecule has 0 radical (unpaired) electrons. The van der Waals surface area contributed by atoms with Crippen molar-refractivity contribution >= 4 is 0 Å². The van der Waals surface area contributed by atoms with E-state index in [0.717, 1.165) is 16.7 Å². The second kappa shape index (κ2) is 7.23. The second-order valence-electron chi connectivity index (χ2n) is 5.44. The largest absolute Gasteiger partial charge is 0.347 e. The number of nitrogens with one attached hydrogen (secondary N) is 1. The highest BCUT2D eigenvalue weighted by molar-refractivity contribution is 5.35. The molecule has 0 aliphatic heterocycles. The molecule has 116 valence electrons. The molecule has 0 saturated carbocycles. The molecule has 0 amide bonds. The average Bonchev–Trinajstić information content (AvgIpc) is 2.65. The van der Waals surface area contributed by atoms with E-state index < -0.39 is 5.72 Å². The molecule has 3 rings (SSSR count). The van der Waals surface area contributed by atoms with Gasteiger partial charge in [-0.1, -0.05) is 91.0 Å². The van der Waals surface area contributed by atoms with E-state index in [9.17, 15) is 0 Å². The number of hydrogen-bond acceptors (Lipinski definition) is 2. The summed E-state index contributed by atoms with van der Waals surface area (Å²) in [5.74, 6) is 0. The molecule has 2 nitrogen and oxygen atoms in total. The first-order valence-corrected chi connectivity index (χ1v) is 7.83. The van der Waals surface area contributed by atoms with Gasteiger partial charge in [0.15, 0.2) is 5.72 Å². The third-order valence-electron chi connectivity index (χ3n) is 4.01. The third kappa shape index (κ3) is 3.34. The minimum Gasteiger partial charge on any atom is -0.347 e. The van der Waals surface area contributed by atoms with Crippen LogP contribution in [0.2, 0.25) is 0 Å². The molecule has 0 aliphatic rings. The Bertz CT molecular complexity index is 671. The molecule has 0 aromatic heterocycles. The molecule has 0 unspecified atom stereocenters. The van der Waals surface area contributed by atoms with E-state index in [1.165, 1.54) is 0 Å². The molecule has 1 N–H and O–H groups in total. The molecule has 0 heterocycles. The van der Waals surface area contributed by atoms with Gasteiger partial charge in [-0.3, -0.25) is 5.32 Å². The van der Waals surface area contributed by atoms with Gasteiger partial charge >= 0.3 is 0 Å². The Morgan fingerprint density at radius 2 is 1.13 bits per heavy atom. The van der Waals surface area contributed by atoms with E-state index in [4.69, 9.17) is 4.74 Å². The predicted octanol–water partition coefficient (Wildman–Crippen LogP) is 4.32. The van der Waals surface area contributed by atoms with E-state index in [0.29, 0.717) is 6.61 Å². The molecule has 0 saturated heterocycles. The van der Waals surface area contributed by atoms with Gasteiger partial charge in [-0.2, -0.15) is 0 Å². The zero-order valence-corrected chi connectivity index (χ0v) is 13.3. The Labute approximate surface area is 137 Å². The van der Waals surface area contributed by atoms with Crippen LogP contribution in [0.25, 0.3) is 0 Å². The van der Waals surface area contributed by atoms with E-state index in [-0.39, 0.29) is 0 Å². The maximum Gasteiger partial charge on any atom is 0.171 e. The van der Waals surface area contributed by atoms with Crippen molar-refractivity contribution in [2.24, 2.45) is 0 Å². The van der Waals surface area contributed by atoms with Crippen LogP contribution in [-0.4, -0.2) is 7.05 Å². The van der Waals surface area contributed by atoms with Gasteiger partial charge < -0.3 is 4.74 Å². The number of benzene rings is 3. The lowest BCUT2D eigenvalue weighted by molar-refractivity contribution is -0.0509. The van der Waals surface area contributed by atoms with E-state index in [1.54, 1.807) is 0 Å². The molecular weight excluding hydrogens is 282 g/mol. The van der Waals surface area contributed by atoms with Crippen LogP contribution in [0, 0.1) is 0 Å². The van der Waals surface area contributed by atoms with Gasteiger partial charge in [0.05, 0.1) is 6.61 Å². The van der Waals surface area contributed by atoms with E-state index in [1.807, 2.05) is 61.6 Å². The van der Waals surface area contributed by atoms with Gasteiger partial charge in [-0.15, -0.1) is 0 Å². The molecule has 3 aromatic rings. The fraction of sp³-hybridized carbons (Fsp3) is 0.143. The zero-order chi connectivity index (χ0) is 16.0. The van der Waals surface area contributed by atoms with Crippen molar-refractivity contribution in [3.63, 3.8) is 0 Å². The van der Waals surface area contributed by atoms with Crippen molar-refractivity contribution in [3.05, 3.63) is 108 Å². The minimum atomic E-state index is -0.668. The van der Waals surface area contributed by atoms with Crippen molar-refractivity contribution in [2.45, 2.75) is 12.3 Å². The summed E-state index contributed by atoms with van der Waals surface area (Å²) >= 11 is 0. The Hall–Kier alpha value is -2.42. The maximum absolute atomic E-state index is 6.43. The molecule has 0 fully saturated rings. The number of ether oxygens (including phenoxy) is 1. The van der Waals surface area contributed by atoms with Gasteiger partial charge in [-0.25, -0.2) is 0 Å². The average molecular weight is 303 g/mol. The summed E-state index contributed by atoms with van der Waals surface area (Å²) in [7, 11) is 1.94. The quantitative estimate of drug-likeness (QED) is 0.685. The summed E-state index contributed by atoms with van der Waals surface area (Å²) in [5, 5.41) is 3.40. The van der Waals surface area contributed by atoms with Gasteiger partial charge in [0.1, 0.15) is 0 Å². The zero-order valence-electron chi connectivity index (χ0n) is 13.3. The SMILES string of the molecule is CNC(OCc1ccccc1)(c1ccccc1)c1ccccc1. The van der Waals surface area contributed by atoms with Gasteiger partial charge in [-0.05, 0) is 12.6 Å². The first-order chi connectivity index (χ1) is 11.3. The first-order valence-electron chi connectivity index (χ1n) is 7.83. The molecular formula is C21H21NO. The fourth-order valence-electron chi connectivity index (χ4n) is 2.81. The predicted molar refractivity (Wildman–Crippen MR) is 94.0 cm³/mol. The van der Waals surface area contributed by atoms with Crippen molar-refractivity contribution < 1.29 is 4.74 Å². The smallest absolute Gasteiger partial charge is 0.171 e. The lowest BCUT2D eigenvalue weighted by Crippen LogP contribution is -2.43. The summed E-state index contributed by atoms with van der Waals surface area (Å²) in [6.07, 6.45) is 0. The fourth-order valence-corrected chi connectivity index (χ4v) is 2.81. The summed E-state index contributed by atoms with van der Waals surface area (Å²) < 4.78 is 6.43. The van der Waals surface area contributed by atoms with Crippen LogP contribution >= 0.6 is 0 Å². The highest BCUT2D eigenvalue weighted by Gasteiger charge is 2.33. The minimum absolute atomic E-state index is 0.533. The van der Waals surface area contributed by atoms with E-state index in [2.05, 4.69) is 41.7 Å². The lowest BCUT2D eigenvalue weighted by atomic mass is 9.94. The van der Waals surface area contributed by atoms with Crippen molar-refractivity contribution in [3.8, 4) is 0 Å². The van der Waals surface area contributed by atoms with E-state index >= 15 is 0 Å². The number of rotatable bonds is 6. The molecule has 0 bridgehead atoms. The molecule has 0 spiro atoms. The summed E-state index contributed by atoms with van der Waals surface area (Å²) in [5.41, 5.74) is 2.66. The van der Waals surface area contributed by atoms with Crippen molar-refractivity contribution in [1.29, 1.82) is 0 Å². The highest BCUT2D eigenvalue weighted by Crippen LogP contribution is 2.31. The topological polar surface area (TPSA) is 21.3 Å². The van der Waals surface area contributed by atoms with Crippen LogP contribution < -0.4 is 5.32 Å². The van der Waals surface area contributed by atoms with Crippen molar-refractivity contribution in [1.82, 2.24) is 5.32 Å². The standard InChI is InChI=1S/C21H21NO/c1-22-21(19-13-7-3-8-14-19,20-15-9-4-10-16-20)23-17-18-11-5-2-6-12-18/h2-16,22H,17H2,1H3. The second-order valence-corrected chi connectivity index (χ2v) is 5.44. The number of hydrogen-bond donors (Lipinski definition) is 1. The highest BCUT2D eigenvalue weighted by atomic mass is 16.5. The van der Waals surface area contributed by atoms with Crippen LogP contribution in [0.1, 0.15) is 16.7 Å². The van der Waals surface area contributed by atoms with Gasteiger partial charge in [0.2, 0.25) is 0 Å². The van der Waals surface area contributed by atoms with Crippen LogP contribution in [0.3, 0.4) is 0 Å². The normalized spacial score (nSPS) is 11.3. The van der Waals surface area contributed by atoms with Crippen LogP contribution in [0.15, 0.2) is 91.0 Å². The van der Waals surface area contributed by atoms with Crippen molar-refractivity contribution in [2.75, 3.05) is 7.05 Å². The summed E-state index contributed by atoms with van der Waals surface area (Å²) in [4.78, 5) is 0. The van der Waals surface area contributed by atoms with Gasteiger partial charge in [0, 0.05) is 11.1 Å². The van der Waals surface area contributed by atoms with Crippen LogP contribution in [-0.2, 0) is 17.1 Å². The molecule has 2 heteroatoms. The van der Waals surface area contributed by atoms with Crippen LogP contribution in [0.4, 0.5) is 0 Å². The Morgan fingerprint density at radius 1 is 0.696 bits per heavy atom.